The fourth-order valence-corrected chi connectivity index (χ4v) is 3.27. The first-order valence-corrected chi connectivity index (χ1v) is 8.77. The van der Waals surface area contributed by atoms with Gasteiger partial charge in [0, 0.05) is 6.42 Å². The van der Waals surface area contributed by atoms with E-state index in [0.29, 0.717) is 26.0 Å². The van der Waals surface area contributed by atoms with E-state index in [-0.39, 0.29) is 18.1 Å². The quantitative estimate of drug-likeness (QED) is 0.835. The molecular weight excluding hydrogens is 314 g/mol. The lowest BCUT2D eigenvalue weighted by atomic mass is 10.0. The van der Waals surface area contributed by atoms with Crippen LogP contribution < -0.4 is 4.74 Å². The van der Waals surface area contributed by atoms with E-state index in [0.717, 1.165) is 16.9 Å². The van der Waals surface area contributed by atoms with Crippen LogP contribution in [0.2, 0.25) is 0 Å². The van der Waals surface area contributed by atoms with Gasteiger partial charge in [0.1, 0.15) is 11.9 Å². The van der Waals surface area contributed by atoms with Crippen LogP contribution in [-0.2, 0) is 16.0 Å². The number of hydrogen-bond acceptors (Lipinski definition) is 3. The molecule has 1 heterocycles. The highest BCUT2D eigenvalue weighted by Crippen LogP contribution is 2.26. The molecule has 0 bridgehead atoms. The van der Waals surface area contributed by atoms with Crippen LogP contribution in [0.4, 0.5) is 0 Å². The highest BCUT2D eigenvalue weighted by Gasteiger charge is 2.30. The zero-order valence-corrected chi connectivity index (χ0v) is 14.9. The molecule has 0 saturated carbocycles. The van der Waals surface area contributed by atoms with Crippen LogP contribution in [0.5, 0.6) is 5.75 Å². The normalized spacial score (nSPS) is 20.3. The summed E-state index contributed by atoms with van der Waals surface area (Å²) in [5.41, 5.74) is 2.19. The fraction of sp³-hybridized carbons (Fsp3) is 0.381. The van der Waals surface area contributed by atoms with Crippen LogP contribution in [0.25, 0.3) is 0 Å². The summed E-state index contributed by atoms with van der Waals surface area (Å²) in [4.78, 5) is 14.7. The summed E-state index contributed by atoms with van der Waals surface area (Å²) in [5, 5.41) is 0. The van der Waals surface area contributed by atoms with Gasteiger partial charge in [-0.15, -0.1) is 0 Å². The Kier molecular flexibility index (Phi) is 5.71. The lowest BCUT2D eigenvalue weighted by molar-refractivity contribution is -0.144. The Bertz CT molecular complexity index is 701. The Morgan fingerprint density at radius 1 is 1.16 bits per heavy atom. The molecule has 4 heteroatoms. The van der Waals surface area contributed by atoms with Crippen LogP contribution in [0.3, 0.4) is 0 Å². The predicted molar refractivity (Wildman–Crippen MR) is 97.6 cm³/mol. The van der Waals surface area contributed by atoms with Crippen LogP contribution >= 0.6 is 0 Å². The average molecular weight is 339 g/mol. The summed E-state index contributed by atoms with van der Waals surface area (Å²) in [6.07, 6.45) is 1.11. The standard InChI is InChI=1S/C21H25NO3/c1-16-15-25-20(17-8-4-3-5-9-17)14-22(16)21(23)13-12-18-10-6-7-11-19(18)24-2/h3-11,16,20H,12-15H2,1-2H3. The molecule has 0 aliphatic carbocycles. The molecule has 1 fully saturated rings. The summed E-state index contributed by atoms with van der Waals surface area (Å²) in [5.74, 6) is 1.01. The van der Waals surface area contributed by atoms with Gasteiger partial charge in [-0.3, -0.25) is 4.79 Å². The molecule has 2 aromatic carbocycles. The van der Waals surface area contributed by atoms with E-state index in [1.54, 1.807) is 7.11 Å². The van der Waals surface area contributed by atoms with Gasteiger partial charge in [-0.1, -0.05) is 48.5 Å². The number of aryl methyl sites for hydroxylation is 1. The maximum Gasteiger partial charge on any atom is 0.223 e. The van der Waals surface area contributed by atoms with Gasteiger partial charge in [0.15, 0.2) is 0 Å². The third-order valence-corrected chi connectivity index (χ3v) is 4.73. The van der Waals surface area contributed by atoms with Crippen molar-refractivity contribution in [3.8, 4) is 5.75 Å². The Morgan fingerprint density at radius 3 is 2.64 bits per heavy atom. The molecule has 1 saturated heterocycles. The molecule has 132 valence electrons. The van der Waals surface area contributed by atoms with Crippen molar-refractivity contribution in [3.05, 3.63) is 65.7 Å². The number of carbonyl (C=O) groups excluding carboxylic acids is 1. The van der Waals surface area contributed by atoms with Crippen molar-refractivity contribution in [3.63, 3.8) is 0 Å². The van der Waals surface area contributed by atoms with E-state index in [4.69, 9.17) is 9.47 Å². The maximum atomic E-state index is 12.8. The molecule has 2 unspecified atom stereocenters. The smallest absolute Gasteiger partial charge is 0.223 e. The van der Waals surface area contributed by atoms with Crippen LogP contribution in [0.1, 0.15) is 30.6 Å². The topological polar surface area (TPSA) is 38.8 Å². The first-order valence-electron chi connectivity index (χ1n) is 8.77. The highest BCUT2D eigenvalue weighted by atomic mass is 16.5. The van der Waals surface area contributed by atoms with Crippen molar-refractivity contribution in [2.45, 2.75) is 31.9 Å². The first kappa shape index (κ1) is 17.5. The third kappa shape index (κ3) is 4.20. The molecule has 1 aliphatic heterocycles. The van der Waals surface area contributed by atoms with Crippen molar-refractivity contribution in [1.82, 2.24) is 4.90 Å². The van der Waals surface area contributed by atoms with E-state index in [1.165, 1.54) is 0 Å². The zero-order valence-electron chi connectivity index (χ0n) is 14.9. The van der Waals surface area contributed by atoms with E-state index >= 15 is 0 Å². The molecule has 1 amide bonds. The van der Waals surface area contributed by atoms with E-state index < -0.39 is 0 Å². The van der Waals surface area contributed by atoms with Gasteiger partial charge in [0.2, 0.25) is 5.91 Å². The van der Waals surface area contributed by atoms with Gasteiger partial charge in [-0.05, 0) is 30.5 Å². The number of rotatable bonds is 5. The average Bonchev–Trinajstić information content (AvgIpc) is 2.67. The number of hydrogen-bond donors (Lipinski definition) is 0. The number of morpholine rings is 1. The third-order valence-electron chi connectivity index (χ3n) is 4.73. The lowest BCUT2D eigenvalue weighted by Gasteiger charge is -2.38. The molecule has 1 aliphatic rings. The number of methoxy groups -OCH3 is 1. The second-order valence-electron chi connectivity index (χ2n) is 6.44. The molecule has 2 aromatic rings. The highest BCUT2D eigenvalue weighted by molar-refractivity contribution is 5.77. The van der Waals surface area contributed by atoms with Crippen LogP contribution in [0.15, 0.2) is 54.6 Å². The minimum Gasteiger partial charge on any atom is -0.496 e. The van der Waals surface area contributed by atoms with Gasteiger partial charge < -0.3 is 14.4 Å². The van der Waals surface area contributed by atoms with Crippen molar-refractivity contribution in [2.24, 2.45) is 0 Å². The maximum absolute atomic E-state index is 12.8. The number of nitrogens with zero attached hydrogens (tertiary/aromatic N) is 1. The number of carbonyl (C=O) groups is 1. The SMILES string of the molecule is COc1ccccc1CCC(=O)N1CC(c2ccccc2)OCC1C. The predicted octanol–water partition coefficient (Wildman–Crippen LogP) is 3.62. The number of benzene rings is 2. The molecule has 0 N–H and O–H groups in total. The molecule has 0 radical (unpaired) electrons. The number of amides is 1. The van der Waals surface area contributed by atoms with E-state index in [1.807, 2.05) is 54.3 Å². The Hall–Kier alpha value is -2.33. The molecule has 4 nitrogen and oxygen atoms in total. The summed E-state index contributed by atoms with van der Waals surface area (Å²) in [6.45, 7) is 3.22. The minimum atomic E-state index is -0.0485. The Morgan fingerprint density at radius 2 is 1.88 bits per heavy atom. The second kappa shape index (κ2) is 8.17. The summed E-state index contributed by atoms with van der Waals surface area (Å²) < 4.78 is 11.3. The van der Waals surface area contributed by atoms with Gasteiger partial charge >= 0.3 is 0 Å². The van der Waals surface area contributed by atoms with Gasteiger partial charge in [-0.25, -0.2) is 0 Å². The second-order valence-corrected chi connectivity index (χ2v) is 6.44. The van der Waals surface area contributed by atoms with Gasteiger partial charge in [0.25, 0.3) is 0 Å². The molecule has 0 spiro atoms. The molecule has 3 rings (SSSR count). The molecule has 25 heavy (non-hydrogen) atoms. The summed E-state index contributed by atoms with van der Waals surface area (Å²) in [6, 6.07) is 18.1. The first-order chi connectivity index (χ1) is 12.2. The minimum absolute atomic E-state index is 0.0485. The molecule has 2 atom stereocenters. The largest absolute Gasteiger partial charge is 0.496 e. The van der Waals surface area contributed by atoms with Crippen LogP contribution in [-0.4, -0.2) is 37.1 Å². The monoisotopic (exact) mass is 339 g/mol. The Labute approximate surface area is 149 Å². The van der Waals surface area contributed by atoms with Crippen molar-refractivity contribution < 1.29 is 14.3 Å². The fourth-order valence-electron chi connectivity index (χ4n) is 3.27. The Balaban J connectivity index is 1.64. The van der Waals surface area contributed by atoms with Crippen molar-refractivity contribution in [2.75, 3.05) is 20.3 Å². The summed E-state index contributed by atoms with van der Waals surface area (Å²) >= 11 is 0. The van der Waals surface area contributed by atoms with Crippen molar-refractivity contribution in [1.29, 1.82) is 0 Å². The lowest BCUT2D eigenvalue weighted by Crippen LogP contribution is -2.48. The summed E-state index contributed by atoms with van der Waals surface area (Å²) in [7, 11) is 1.66. The van der Waals surface area contributed by atoms with Gasteiger partial charge in [0.05, 0.1) is 26.3 Å². The van der Waals surface area contributed by atoms with Crippen molar-refractivity contribution >= 4 is 5.91 Å². The number of para-hydroxylation sites is 1. The molecular formula is C21H25NO3. The van der Waals surface area contributed by atoms with Gasteiger partial charge in [-0.2, -0.15) is 0 Å². The zero-order chi connectivity index (χ0) is 17.6. The van der Waals surface area contributed by atoms with E-state index in [9.17, 15) is 4.79 Å². The number of ether oxygens (including phenoxy) is 2. The van der Waals surface area contributed by atoms with E-state index in [2.05, 4.69) is 12.1 Å². The van der Waals surface area contributed by atoms with Crippen LogP contribution in [0, 0.1) is 0 Å². The molecule has 0 aromatic heterocycles.